The van der Waals surface area contributed by atoms with Crippen LogP contribution in [0, 0.1) is 0 Å². The Labute approximate surface area is 193 Å². The molecule has 3 N–H and O–H groups in total. The van der Waals surface area contributed by atoms with E-state index in [1.54, 1.807) is 18.3 Å². The summed E-state index contributed by atoms with van der Waals surface area (Å²) in [6, 6.07) is 11.6. The number of nitrogens with zero attached hydrogens (tertiary/aromatic N) is 2. The molecular weight excluding hydrogens is 499 g/mol. The van der Waals surface area contributed by atoms with Crippen LogP contribution in [0.1, 0.15) is 29.9 Å². The summed E-state index contributed by atoms with van der Waals surface area (Å²) in [7, 11) is 0. The summed E-state index contributed by atoms with van der Waals surface area (Å²) in [5.74, 6) is 0.546. The highest BCUT2D eigenvalue weighted by atomic mass is 127. The number of thiophene rings is 1. The number of hydrogen-bond acceptors (Lipinski definition) is 4. The van der Waals surface area contributed by atoms with Gasteiger partial charge in [-0.05, 0) is 42.8 Å². The molecule has 1 aromatic carbocycles. The van der Waals surface area contributed by atoms with Crippen LogP contribution in [-0.4, -0.2) is 48.1 Å². The third-order valence-electron chi connectivity index (χ3n) is 4.87. The van der Waals surface area contributed by atoms with Crippen molar-refractivity contribution >= 4 is 47.2 Å². The molecule has 29 heavy (non-hydrogen) atoms. The highest BCUT2D eigenvalue weighted by Crippen LogP contribution is 2.24. The molecular formula is C21H29IN4O2S. The van der Waals surface area contributed by atoms with E-state index < -0.39 is 5.60 Å². The maximum atomic E-state index is 12.6. The van der Waals surface area contributed by atoms with Gasteiger partial charge in [-0.2, -0.15) is 0 Å². The Balaban J connectivity index is 0.00000300. The molecule has 1 aromatic heterocycles. The SMILES string of the molecule is CCNC(=NCC(=O)N1CCc2sccc2C1)NCC(C)(O)c1ccccc1.I. The summed E-state index contributed by atoms with van der Waals surface area (Å²) in [6.07, 6.45) is 0.917. The second kappa shape index (κ2) is 10.9. The Bertz CT molecular complexity index is 823. The second-order valence-electron chi connectivity index (χ2n) is 7.12. The van der Waals surface area contributed by atoms with Crippen molar-refractivity contribution in [3.05, 3.63) is 57.8 Å². The van der Waals surface area contributed by atoms with Gasteiger partial charge in [0, 0.05) is 24.5 Å². The molecule has 2 aromatic rings. The van der Waals surface area contributed by atoms with Crippen molar-refractivity contribution in [1.82, 2.24) is 15.5 Å². The van der Waals surface area contributed by atoms with Crippen LogP contribution in [-0.2, 0) is 23.4 Å². The van der Waals surface area contributed by atoms with Gasteiger partial charge < -0.3 is 20.6 Å². The molecule has 0 saturated heterocycles. The highest BCUT2D eigenvalue weighted by Gasteiger charge is 2.24. The predicted molar refractivity (Wildman–Crippen MR) is 129 cm³/mol. The fraction of sp³-hybridized carbons (Fsp3) is 0.429. The Morgan fingerprint density at radius 2 is 2.03 bits per heavy atom. The molecule has 158 valence electrons. The van der Waals surface area contributed by atoms with Crippen molar-refractivity contribution in [3.63, 3.8) is 0 Å². The molecule has 1 atom stereocenters. The Morgan fingerprint density at radius 3 is 2.76 bits per heavy atom. The summed E-state index contributed by atoms with van der Waals surface area (Å²) in [4.78, 5) is 20.2. The van der Waals surface area contributed by atoms with Crippen LogP contribution >= 0.6 is 35.3 Å². The van der Waals surface area contributed by atoms with E-state index >= 15 is 0 Å². The smallest absolute Gasteiger partial charge is 0.244 e. The number of aliphatic imine (C=N–C) groups is 1. The Kier molecular flexibility index (Phi) is 8.91. The van der Waals surface area contributed by atoms with Gasteiger partial charge in [0.05, 0.1) is 6.54 Å². The molecule has 8 heteroatoms. The van der Waals surface area contributed by atoms with Gasteiger partial charge >= 0.3 is 0 Å². The quantitative estimate of drug-likeness (QED) is 0.306. The maximum Gasteiger partial charge on any atom is 0.244 e. The molecule has 0 radical (unpaired) electrons. The molecule has 0 aliphatic carbocycles. The highest BCUT2D eigenvalue weighted by molar-refractivity contribution is 14.0. The minimum Gasteiger partial charge on any atom is -0.384 e. The zero-order chi connectivity index (χ0) is 20.0. The number of aliphatic hydroxyl groups is 1. The van der Waals surface area contributed by atoms with Crippen molar-refractivity contribution in [2.45, 2.75) is 32.4 Å². The van der Waals surface area contributed by atoms with E-state index in [0.717, 1.165) is 18.5 Å². The summed E-state index contributed by atoms with van der Waals surface area (Å²) in [5, 5.41) is 19.1. The fourth-order valence-electron chi connectivity index (χ4n) is 3.20. The number of guanidine groups is 1. The van der Waals surface area contributed by atoms with Crippen LogP contribution in [0.2, 0.25) is 0 Å². The number of rotatable bonds is 6. The van der Waals surface area contributed by atoms with E-state index in [9.17, 15) is 9.90 Å². The molecule has 0 bridgehead atoms. The molecule has 0 saturated carbocycles. The van der Waals surface area contributed by atoms with Gasteiger partial charge in [0.15, 0.2) is 5.96 Å². The first-order valence-electron chi connectivity index (χ1n) is 9.62. The minimum absolute atomic E-state index is 0. The fourth-order valence-corrected chi connectivity index (χ4v) is 4.09. The third kappa shape index (κ3) is 6.42. The maximum absolute atomic E-state index is 12.6. The number of fused-ring (bicyclic) bond motifs is 1. The first-order valence-corrected chi connectivity index (χ1v) is 10.5. The van der Waals surface area contributed by atoms with Crippen LogP contribution in [0.4, 0.5) is 0 Å². The van der Waals surface area contributed by atoms with E-state index in [1.165, 1.54) is 10.4 Å². The minimum atomic E-state index is -1.04. The summed E-state index contributed by atoms with van der Waals surface area (Å²) in [6.45, 7) is 6.19. The number of hydrogen-bond donors (Lipinski definition) is 3. The molecule has 0 fully saturated rings. The van der Waals surface area contributed by atoms with Gasteiger partial charge in [0.1, 0.15) is 12.1 Å². The zero-order valence-corrected chi connectivity index (χ0v) is 20.0. The Hall–Kier alpha value is -1.65. The van der Waals surface area contributed by atoms with E-state index in [-0.39, 0.29) is 36.4 Å². The molecule has 3 rings (SSSR count). The average molecular weight is 528 g/mol. The lowest BCUT2D eigenvalue weighted by atomic mass is 9.96. The normalized spacial score (nSPS) is 15.7. The molecule has 1 unspecified atom stereocenters. The largest absolute Gasteiger partial charge is 0.384 e. The van der Waals surface area contributed by atoms with E-state index in [4.69, 9.17) is 0 Å². The van der Waals surface area contributed by atoms with Gasteiger partial charge in [0.2, 0.25) is 5.91 Å². The number of nitrogens with one attached hydrogen (secondary N) is 2. The lowest BCUT2D eigenvalue weighted by molar-refractivity contribution is -0.130. The van der Waals surface area contributed by atoms with Gasteiger partial charge in [-0.15, -0.1) is 35.3 Å². The number of carbonyl (C=O) groups is 1. The summed E-state index contributed by atoms with van der Waals surface area (Å²) in [5.41, 5.74) is 1.04. The third-order valence-corrected chi connectivity index (χ3v) is 5.90. The van der Waals surface area contributed by atoms with Crippen LogP contribution < -0.4 is 10.6 Å². The van der Waals surface area contributed by atoms with E-state index in [2.05, 4.69) is 27.1 Å². The predicted octanol–water partition coefficient (Wildman–Crippen LogP) is 2.71. The number of halogens is 1. The zero-order valence-electron chi connectivity index (χ0n) is 16.9. The lowest BCUT2D eigenvalue weighted by Crippen LogP contribution is -2.45. The van der Waals surface area contributed by atoms with Gasteiger partial charge in [0.25, 0.3) is 0 Å². The van der Waals surface area contributed by atoms with Crippen LogP contribution in [0.3, 0.4) is 0 Å². The van der Waals surface area contributed by atoms with Crippen molar-refractivity contribution in [1.29, 1.82) is 0 Å². The van der Waals surface area contributed by atoms with Crippen molar-refractivity contribution < 1.29 is 9.90 Å². The lowest BCUT2D eigenvalue weighted by Gasteiger charge is -2.27. The van der Waals surface area contributed by atoms with Crippen molar-refractivity contribution in [3.8, 4) is 0 Å². The number of carbonyl (C=O) groups excluding carboxylic acids is 1. The van der Waals surface area contributed by atoms with Gasteiger partial charge in [-0.1, -0.05) is 30.3 Å². The van der Waals surface area contributed by atoms with Gasteiger partial charge in [-0.3, -0.25) is 4.79 Å². The summed E-state index contributed by atoms with van der Waals surface area (Å²) >= 11 is 1.76. The second-order valence-corrected chi connectivity index (χ2v) is 8.12. The van der Waals surface area contributed by atoms with Crippen LogP contribution in [0.5, 0.6) is 0 Å². The number of amides is 1. The molecule has 1 amide bonds. The molecule has 1 aliphatic heterocycles. The van der Waals surface area contributed by atoms with E-state index in [1.807, 2.05) is 42.2 Å². The van der Waals surface area contributed by atoms with Crippen LogP contribution in [0.25, 0.3) is 0 Å². The van der Waals surface area contributed by atoms with Crippen molar-refractivity contribution in [2.24, 2.45) is 4.99 Å². The first kappa shape index (κ1) is 23.6. The molecule has 6 nitrogen and oxygen atoms in total. The topological polar surface area (TPSA) is 77.0 Å². The van der Waals surface area contributed by atoms with E-state index in [0.29, 0.717) is 25.6 Å². The first-order chi connectivity index (χ1) is 13.5. The monoisotopic (exact) mass is 528 g/mol. The molecule has 0 spiro atoms. The average Bonchev–Trinajstić information content (AvgIpc) is 3.18. The molecule has 2 heterocycles. The van der Waals surface area contributed by atoms with Crippen molar-refractivity contribution in [2.75, 3.05) is 26.2 Å². The number of benzene rings is 1. The molecule has 1 aliphatic rings. The summed E-state index contributed by atoms with van der Waals surface area (Å²) < 4.78 is 0. The van der Waals surface area contributed by atoms with Crippen LogP contribution in [0.15, 0.2) is 46.8 Å². The Morgan fingerprint density at radius 1 is 1.28 bits per heavy atom. The van der Waals surface area contributed by atoms with Gasteiger partial charge in [-0.25, -0.2) is 4.99 Å². The standard InChI is InChI=1S/C21H28N4O2S.HI/c1-3-22-20(24-15-21(2,27)17-7-5-4-6-8-17)23-13-19(26)25-11-9-18-16(14-25)10-12-28-18;/h4-8,10,12,27H,3,9,11,13-15H2,1-2H3,(H2,22,23,24);1H.